The first kappa shape index (κ1) is 22.9. The second kappa shape index (κ2) is 9.38. The summed E-state index contributed by atoms with van der Waals surface area (Å²) in [5.74, 6) is 1.45. The maximum Gasteiger partial charge on any atom is 0.279 e. The molecule has 2 bridgehead atoms. The molecule has 7 nitrogen and oxygen atoms in total. The normalized spacial score (nSPS) is 23.2. The van der Waals surface area contributed by atoms with Crippen LogP contribution >= 0.6 is 22.9 Å². The van der Waals surface area contributed by atoms with Crippen molar-refractivity contribution in [1.82, 2.24) is 14.6 Å². The molecule has 176 valence electrons. The molecule has 2 aliphatic rings. The van der Waals surface area contributed by atoms with E-state index in [1.54, 1.807) is 4.31 Å². The topological polar surface area (TPSA) is 80.8 Å². The molecule has 3 atom stereocenters. The lowest BCUT2D eigenvalue weighted by molar-refractivity contribution is 0.201. The molecule has 3 aromatic rings. The second-order valence-corrected chi connectivity index (χ2v) is 11.8. The molecule has 0 radical (unpaired) electrons. The van der Waals surface area contributed by atoms with E-state index < -0.39 is 10.0 Å². The quantitative estimate of drug-likeness (QED) is 0.446. The van der Waals surface area contributed by atoms with Gasteiger partial charge in [0.15, 0.2) is 0 Å². The summed E-state index contributed by atoms with van der Waals surface area (Å²) < 4.78 is 38.4. The lowest BCUT2D eigenvalue weighted by Crippen LogP contribution is -2.51. The number of aromatic nitrogens is 1. The number of piperidine rings is 1. The molecule has 1 aromatic heterocycles. The van der Waals surface area contributed by atoms with Crippen molar-refractivity contribution in [2.75, 3.05) is 19.4 Å². The first-order valence-electron chi connectivity index (χ1n) is 11.0. The van der Waals surface area contributed by atoms with E-state index in [4.69, 9.17) is 21.1 Å². The number of hydrogen-bond acceptors (Lipinski definition) is 7. The number of nitrogens with zero attached hydrogens (tertiary/aromatic N) is 2. The highest BCUT2D eigenvalue weighted by molar-refractivity contribution is 7.88. The van der Waals surface area contributed by atoms with Crippen molar-refractivity contribution in [2.45, 2.75) is 43.8 Å². The molecule has 2 aromatic carbocycles. The Labute approximate surface area is 202 Å². The smallest absolute Gasteiger partial charge is 0.279 e. The minimum atomic E-state index is -3.12. The van der Waals surface area contributed by atoms with Crippen LogP contribution < -0.4 is 14.8 Å². The molecule has 0 amide bonds. The SMILES string of the molecule is CS(=O)(=O)N1[C@@H]2CC[C@H]1CC(NCCOc1ccc(Oc3nc4cccc(Cl)c4s3)cc1)C2. The summed E-state index contributed by atoms with van der Waals surface area (Å²) in [6, 6.07) is 13.7. The molecular weight excluding hydrogens is 482 g/mol. The van der Waals surface area contributed by atoms with Crippen molar-refractivity contribution in [2.24, 2.45) is 0 Å². The highest BCUT2D eigenvalue weighted by Crippen LogP contribution is 2.38. The third-order valence-corrected chi connectivity index (χ3v) is 9.00. The Bertz CT molecular complexity index is 1220. The van der Waals surface area contributed by atoms with E-state index >= 15 is 0 Å². The van der Waals surface area contributed by atoms with E-state index in [-0.39, 0.29) is 12.1 Å². The van der Waals surface area contributed by atoms with E-state index in [2.05, 4.69) is 10.3 Å². The predicted octanol–water partition coefficient (Wildman–Crippen LogP) is 4.67. The minimum Gasteiger partial charge on any atom is -0.492 e. The van der Waals surface area contributed by atoms with Crippen LogP contribution in [0.4, 0.5) is 0 Å². The van der Waals surface area contributed by atoms with E-state index in [1.165, 1.54) is 17.6 Å². The van der Waals surface area contributed by atoms with Gasteiger partial charge in [0, 0.05) is 24.7 Å². The van der Waals surface area contributed by atoms with Gasteiger partial charge in [0.2, 0.25) is 10.0 Å². The molecule has 2 saturated heterocycles. The van der Waals surface area contributed by atoms with Gasteiger partial charge in [-0.1, -0.05) is 29.0 Å². The third kappa shape index (κ3) is 5.12. The van der Waals surface area contributed by atoms with E-state index in [0.717, 1.165) is 41.6 Å². The molecule has 33 heavy (non-hydrogen) atoms. The van der Waals surface area contributed by atoms with Crippen molar-refractivity contribution in [3.8, 4) is 16.7 Å². The Hall–Kier alpha value is -1.91. The zero-order valence-electron chi connectivity index (χ0n) is 18.2. The van der Waals surface area contributed by atoms with Crippen LogP contribution in [0.5, 0.6) is 16.7 Å². The number of nitrogens with one attached hydrogen (secondary N) is 1. The van der Waals surface area contributed by atoms with Crippen molar-refractivity contribution >= 4 is 43.2 Å². The molecule has 2 fully saturated rings. The maximum absolute atomic E-state index is 12.0. The number of sulfonamides is 1. The number of halogens is 1. The summed E-state index contributed by atoms with van der Waals surface area (Å²) >= 11 is 7.63. The number of ether oxygens (including phenoxy) is 2. The number of benzene rings is 2. The lowest BCUT2D eigenvalue weighted by Gasteiger charge is -2.37. The molecule has 10 heteroatoms. The van der Waals surface area contributed by atoms with E-state index in [0.29, 0.717) is 35.2 Å². The van der Waals surface area contributed by atoms with Gasteiger partial charge in [-0.3, -0.25) is 0 Å². The van der Waals surface area contributed by atoms with Crippen LogP contribution in [0.1, 0.15) is 25.7 Å². The minimum absolute atomic E-state index is 0.135. The van der Waals surface area contributed by atoms with Crippen molar-refractivity contribution in [3.63, 3.8) is 0 Å². The molecule has 1 N–H and O–H groups in total. The average Bonchev–Trinajstić information content (AvgIpc) is 3.31. The monoisotopic (exact) mass is 507 g/mol. The van der Waals surface area contributed by atoms with Gasteiger partial charge < -0.3 is 14.8 Å². The van der Waals surface area contributed by atoms with Gasteiger partial charge >= 0.3 is 0 Å². The Kier molecular flexibility index (Phi) is 6.50. The van der Waals surface area contributed by atoms with Crippen molar-refractivity contribution < 1.29 is 17.9 Å². The second-order valence-electron chi connectivity index (χ2n) is 8.59. The zero-order valence-corrected chi connectivity index (χ0v) is 20.6. The Morgan fingerprint density at radius 1 is 1.12 bits per heavy atom. The Morgan fingerprint density at radius 2 is 1.82 bits per heavy atom. The molecule has 0 aliphatic carbocycles. The van der Waals surface area contributed by atoms with Gasteiger partial charge in [0.1, 0.15) is 18.1 Å². The Balaban J connectivity index is 1.08. The fraction of sp³-hybridized carbons (Fsp3) is 0.435. The van der Waals surface area contributed by atoms with Crippen molar-refractivity contribution in [3.05, 3.63) is 47.5 Å². The van der Waals surface area contributed by atoms with Crippen LogP contribution in [0.15, 0.2) is 42.5 Å². The highest BCUT2D eigenvalue weighted by atomic mass is 35.5. The van der Waals surface area contributed by atoms with E-state index in [9.17, 15) is 8.42 Å². The molecule has 0 saturated carbocycles. The van der Waals surface area contributed by atoms with E-state index in [1.807, 2.05) is 42.5 Å². The molecule has 5 rings (SSSR count). The molecular formula is C23H26ClN3O4S2. The maximum atomic E-state index is 12.0. The Morgan fingerprint density at radius 3 is 2.48 bits per heavy atom. The van der Waals surface area contributed by atoms with Crippen LogP contribution in [0.2, 0.25) is 5.02 Å². The van der Waals surface area contributed by atoms with Crippen LogP contribution in [0, 0.1) is 0 Å². The number of thiazole rings is 1. The highest BCUT2D eigenvalue weighted by Gasteiger charge is 2.44. The van der Waals surface area contributed by atoms with Crippen LogP contribution in [0.25, 0.3) is 10.2 Å². The van der Waals surface area contributed by atoms with Crippen LogP contribution in [-0.2, 0) is 10.0 Å². The molecule has 1 unspecified atom stereocenters. The number of hydrogen-bond donors (Lipinski definition) is 1. The van der Waals surface area contributed by atoms with Crippen molar-refractivity contribution in [1.29, 1.82) is 0 Å². The van der Waals surface area contributed by atoms with Gasteiger partial charge in [-0.25, -0.2) is 13.4 Å². The molecule has 3 heterocycles. The fourth-order valence-corrected chi connectivity index (χ4v) is 7.51. The largest absolute Gasteiger partial charge is 0.492 e. The van der Waals surface area contributed by atoms with Gasteiger partial charge in [0.05, 0.1) is 21.5 Å². The zero-order chi connectivity index (χ0) is 23.0. The fourth-order valence-electron chi connectivity index (χ4n) is 4.92. The third-order valence-electron chi connectivity index (χ3n) is 6.23. The standard InChI is InChI=1S/C23H26ClN3O4S2/c1-33(28,29)27-16-5-6-17(27)14-15(13-16)25-11-12-30-18-7-9-19(10-8-18)31-23-26-21-4-2-3-20(24)22(21)32-23/h2-4,7-10,15-17,25H,5-6,11-14H2,1H3/t15?,16-,17+. The summed E-state index contributed by atoms with van der Waals surface area (Å²) in [4.78, 5) is 4.47. The molecule has 2 aliphatic heterocycles. The predicted molar refractivity (Wildman–Crippen MR) is 131 cm³/mol. The van der Waals surface area contributed by atoms with Gasteiger partial charge in [-0.05, 0) is 62.1 Å². The number of fused-ring (bicyclic) bond motifs is 3. The van der Waals surface area contributed by atoms with Gasteiger partial charge in [0.25, 0.3) is 5.19 Å². The summed E-state index contributed by atoms with van der Waals surface area (Å²) in [6.07, 6.45) is 4.99. The average molecular weight is 508 g/mol. The van der Waals surface area contributed by atoms with Crippen LogP contribution in [-0.4, -0.2) is 55.2 Å². The van der Waals surface area contributed by atoms with Gasteiger partial charge in [-0.2, -0.15) is 4.31 Å². The van der Waals surface area contributed by atoms with Crippen LogP contribution in [0.3, 0.4) is 0 Å². The summed E-state index contributed by atoms with van der Waals surface area (Å²) in [5.41, 5.74) is 0.824. The lowest BCUT2D eigenvalue weighted by atomic mass is 10.00. The summed E-state index contributed by atoms with van der Waals surface area (Å²) in [7, 11) is -3.12. The summed E-state index contributed by atoms with van der Waals surface area (Å²) in [6.45, 7) is 1.26. The molecule has 0 spiro atoms. The van der Waals surface area contributed by atoms with Gasteiger partial charge in [-0.15, -0.1) is 0 Å². The first-order chi connectivity index (χ1) is 15.9. The first-order valence-corrected chi connectivity index (χ1v) is 14.1. The summed E-state index contributed by atoms with van der Waals surface area (Å²) in [5, 5.41) is 4.76. The number of rotatable bonds is 8.